The Morgan fingerprint density at radius 2 is 1.46 bits per heavy atom. The Balaban J connectivity index is 1.57. The molecule has 2 aromatic carbocycles. The van der Waals surface area contributed by atoms with Gasteiger partial charge < -0.3 is 10.6 Å². The number of rotatable bonds is 5. The summed E-state index contributed by atoms with van der Waals surface area (Å²) >= 11 is 0. The van der Waals surface area contributed by atoms with E-state index in [9.17, 15) is 18.4 Å². The largest absolute Gasteiger partial charge is 0.326 e. The molecule has 2 aromatic rings. The first-order chi connectivity index (χ1) is 12.4. The first kappa shape index (κ1) is 18.0. The topological polar surface area (TPSA) is 58.2 Å². The van der Waals surface area contributed by atoms with Crippen LogP contribution >= 0.6 is 0 Å². The van der Waals surface area contributed by atoms with Gasteiger partial charge in [-0.3, -0.25) is 9.59 Å². The lowest BCUT2D eigenvalue weighted by Gasteiger charge is -2.09. The fraction of sp³-hybridized carbons (Fsp3) is 0.300. The fourth-order valence-electron chi connectivity index (χ4n) is 2.79. The van der Waals surface area contributed by atoms with Gasteiger partial charge in [0, 0.05) is 5.69 Å². The van der Waals surface area contributed by atoms with Crippen molar-refractivity contribution in [1.82, 2.24) is 0 Å². The molecule has 136 valence electrons. The summed E-state index contributed by atoms with van der Waals surface area (Å²) in [6, 6.07) is 10.9. The van der Waals surface area contributed by atoms with Crippen LogP contribution in [0.15, 0.2) is 42.5 Å². The molecule has 0 saturated heterocycles. The van der Waals surface area contributed by atoms with E-state index in [2.05, 4.69) is 24.5 Å². The second kappa shape index (κ2) is 7.23. The van der Waals surface area contributed by atoms with Crippen molar-refractivity contribution < 1.29 is 18.4 Å². The minimum Gasteiger partial charge on any atom is -0.326 e. The van der Waals surface area contributed by atoms with Gasteiger partial charge in [0.15, 0.2) is 0 Å². The number of nitrogens with one attached hydrogen (secondary N) is 2. The number of anilines is 2. The average Bonchev–Trinajstić information content (AvgIpc) is 3.39. The summed E-state index contributed by atoms with van der Waals surface area (Å²) in [5.74, 6) is -3.18. The number of halogens is 2. The molecule has 1 aliphatic rings. The van der Waals surface area contributed by atoms with Crippen molar-refractivity contribution in [2.45, 2.75) is 26.2 Å². The molecule has 0 radical (unpaired) electrons. The van der Waals surface area contributed by atoms with E-state index in [4.69, 9.17) is 0 Å². The lowest BCUT2D eigenvalue weighted by Crippen LogP contribution is -2.21. The summed E-state index contributed by atoms with van der Waals surface area (Å²) in [5, 5.41) is 5.01. The molecule has 6 heteroatoms. The maximum atomic E-state index is 13.6. The highest BCUT2D eigenvalue weighted by molar-refractivity contribution is 6.03. The first-order valence-electron chi connectivity index (χ1n) is 8.52. The monoisotopic (exact) mass is 358 g/mol. The highest BCUT2D eigenvalue weighted by Crippen LogP contribution is 2.40. The molecule has 1 fully saturated rings. The van der Waals surface area contributed by atoms with Crippen LogP contribution in [-0.4, -0.2) is 11.8 Å². The number of carbonyl (C=O) groups excluding carboxylic acids is 2. The molecule has 0 spiro atoms. The summed E-state index contributed by atoms with van der Waals surface area (Å²) < 4.78 is 27.2. The van der Waals surface area contributed by atoms with E-state index in [1.54, 1.807) is 0 Å². The van der Waals surface area contributed by atoms with Gasteiger partial charge in [0.05, 0.1) is 11.8 Å². The number of hydrogen-bond donors (Lipinski definition) is 2. The molecule has 4 nitrogen and oxygen atoms in total. The maximum Gasteiger partial charge on any atom is 0.228 e. The van der Waals surface area contributed by atoms with Crippen LogP contribution < -0.4 is 10.6 Å². The van der Waals surface area contributed by atoms with Gasteiger partial charge >= 0.3 is 0 Å². The van der Waals surface area contributed by atoms with Crippen LogP contribution in [0.1, 0.15) is 31.7 Å². The van der Waals surface area contributed by atoms with E-state index in [0.29, 0.717) is 18.0 Å². The van der Waals surface area contributed by atoms with Gasteiger partial charge in [-0.1, -0.05) is 32.0 Å². The normalized spacial score (nSPS) is 18.5. The van der Waals surface area contributed by atoms with Crippen molar-refractivity contribution in [3.63, 3.8) is 0 Å². The van der Waals surface area contributed by atoms with E-state index in [0.717, 1.165) is 12.1 Å². The molecule has 0 bridgehead atoms. The number of carbonyl (C=O) groups is 2. The first-order valence-corrected chi connectivity index (χ1v) is 8.52. The fourth-order valence-corrected chi connectivity index (χ4v) is 2.79. The molecule has 0 aromatic heterocycles. The van der Waals surface area contributed by atoms with E-state index >= 15 is 0 Å². The average molecular weight is 358 g/mol. The SMILES string of the molecule is CC(C)c1ccc(NC(=O)C2CC2C(=O)Nc2c(F)cccc2F)cc1. The Morgan fingerprint density at radius 1 is 0.923 bits per heavy atom. The molecule has 1 saturated carbocycles. The van der Waals surface area contributed by atoms with Crippen molar-refractivity contribution >= 4 is 23.2 Å². The van der Waals surface area contributed by atoms with Gasteiger partial charge in [-0.2, -0.15) is 0 Å². The second-order valence-corrected chi connectivity index (χ2v) is 6.80. The molecule has 0 aliphatic heterocycles. The molecule has 3 rings (SSSR count). The summed E-state index contributed by atoms with van der Waals surface area (Å²) in [7, 11) is 0. The van der Waals surface area contributed by atoms with Gasteiger partial charge in [-0.15, -0.1) is 0 Å². The Hall–Kier alpha value is -2.76. The highest BCUT2D eigenvalue weighted by Gasteiger charge is 2.48. The second-order valence-electron chi connectivity index (χ2n) is 6.80. The van der Waals surface area contributed by atoms with E-state index in [-0.39, 0.29) is 5.91 Å². The maximum absolute atomic E-state index is 13.6. The smallest absolute Gasteiger partial charge is 0.228 e. The van der Waals surface area contributed by atoms with Crippen LogP contribution in [0.4, 0.5) is 20.2 Å². The van der Waals surface area contributed by atoms with E-state index < -0.39 is 35.1 Å². The van der Waals surface area contributed by atoms with Gasteiger partial charge in [0.25, 0.3) is 0 Å². The van der Waals surface area contributed by atoms with Crippen molar-refractivity contribution in [3.05, 3.63) is 59.7 Å². The molecule has 2 unspecified atom stereocenters. The molecular formula is C20H20F2N2O2. The van der Waals surface area contributed by atoms with Crippen LogP contribution in [0.3, 0.4) is 0 Å². The van der Waals surface area contributed by atoms with Crippen LogP contribution in [0.2, 0.25) is 0 Å². The minimum absolute atomic E-state index is 0.267. The van der Waals surface area contributed by atoms with Gasteiger partial charge in [-0.25, -0.2) is 8.78 Å². The zero-order valence-corrected chi connectivity index (χ0v) is 14.6. The number of para-hydroxylation sites is 1. The minimum atomic E-state index is -0.842. The zero-order valence-electron chi connectivity index (χ0n) is 14.6. The van der Waals surface area contributed by atoms with Crippen molar-refractivity contribution in [2.24, 2.45) is 11.8 Å². The quantitative estimate of drug-likeness (QED) is 0.837. The van der Waals surface area contributed by atoms with Gasteiger partial charge in [0.2, 0.25) is 11.8 Å². The highest BCUT2D eigenvalue weighted by atomic mass is 19.1. The summed E-state index contributed by atoms with van der Waals surface area (Å²) in [6.45, 7) is 4.17. The van der Waals surface area contributed by atoms with Gasteiger partial charge in [-0.05, 0) is 42.2 Å². The molecule has 26 heavy (non-hydrogen) atoms. The molecule has 1 aliphatic carbocycles. The molecule has 0 heterocycles. The van der Waals surface area contributed by atoms with Crippen molar-refractivity contribution in [1.29, 1.82) is 0 Å². The van der Waals surface area contributed by atoms with Gasteiger partial charge in [0.1, 0.15) is 17.3 Å². The molecular weight excluding hydrogens is 338 g/mol. The Kier molecular flexibility index (Phi) is 5.02. The number of amides is 2. The third-order valence-electron chi connectivity index (χ3n) is 4.52. The third kappa shape index (κ3) is 3.90. The predicted molar refractivity (Wildman–Crippen MR) is 95.7 cm³/mol. The summed E-state index contributed by atoms with van der Waals surface area (Å²) in [5.41, 5.74) is 1.34. The molecule has 2 amide bonds. The lowest BCUT2D eigenvalue weighted by atomic mass is 10.0. The zero-order chi connectivity index (χ0) is 18.8. The molecule has 2 N–H and O–H groups in total. The summed E-state index contributed by atoms with van der Waals surface area (Å²) in [4.78, 5) is 24.4. The third-order valence-corrected chi connectivity index (χ3v) is 4.52. The van der Waals surface area contributed by atoms with Crippen molar-refractivity contribution in [2.75, 3.05) is 10.6 Å². The van der Waals surface area contributed by atoms with Crippen LogP contribution in [-0.2, 0) is 9.59 Å². The van der Waals surface area contributed by atoms with Crippen LogP contribution in [0.25, 0.3) is 0 Å². The number of hydrogen-bond acceptors (Lipinski definition) is 2. The summed E-state index contributed by atoms with van der Waals surface area (Å²) in [6.07, 6.45) is 0.359. The predicted octanol–water partition coefficient (Wildman–Crippen LogP) is 4.30. The Labute approximate surface area is 150 Å². The van der Waals surface area contributed by atoms with Crippen LogP contribution in [0, 0.1) is 23.5 Å². The van der Waals surface area contributed by atoms with E-state index in [1.165, 1.54) is 11.6 Å². The van der Waals surface area contributed by atoms with Crippen LogP contribution in [0.5, 0.6) is 0 Å². The standard InChI is InChI=1S/C20H20F2N2O2/c1-11(2)12-6-8-13(9-7-12)23-19(25)14-10-15(14)20(26)24-18-16(21)4-3-5-17(18)22/h3-9,11,14-15H,10H2,1-2H3,(H,23,25)(H,24,26). The van der Waals surface area contributed by atoms with E-state index in [1.807, 2.05) is 24.3 Å². The van der Waals surface area contributed by atoms with Crippen molar-refractivity contribution in [3.8, 4) is 0 Å². The lowest BCUT2D eigenvalue weighted by molar-refractivity contribution is -0.122. The Morgan fingerprint density at radius 3 is 2.00 bits per heavy atom. The number of benzene rings is 2. The Bertz CT molecular complexity index is 814. The molecule has 2 atom stereocenters.